The molecule has 0 saturated carbocycles. The number of pyridine rings is 1. The zero-order valence-electron chi connectivity index (χ0n) is 33.8. The quantitative estimate of drug-likeness (QED) is 0.146. The molecule has 0 aliphatic rings. The average molecular weight is 960 g/mol. The van der Waals surface area contributed by atoms with Crippen molar-refractivity contribution >= 4 is 55.6 Å². The summed E-state index contributed by atoms with van der Waals surface area (Å²) in [7, 11) is 6.79. The first-order valence-corrected chi connectivity index (χ1v) is 19.9. The number of aryl methyl sites for hydroxylation is 1. The van der Waals surface area contributed by atoms with Crippen LogP contribution in [0.25, 0.3) is 60.9 Å². The molecule has 0 saturated heterocycles. The summed E-state index contributed by atoms with van der Waals surface area (Å²) in [5, 5.41) is 5.99. The second-order valence-electron chi connectivity index (χ2n) is 16.0. The number of nitrogens with zero attached hydrogens (tertiary/aromatic N) is 4. The van der Waals surface area contributed by atoms with Crippen molar-refractivity contribution in [3.63, 3.8) is 0 Å². The van der Waals surface area contributed by atoms with Crippen LogP contribution < -0.4 is 15.0 Å². The predicted molar refractivity (Wildman–Crippen MR) is 244 cm³/mol. The predicted octanol–water partition coefficient (Wildman–Crippen LogP) is 13.8. The van der Waals surface area contributed by atoms with E-state index in [1.807, 2.05) is 53.6 Å². The van der Waals surface area contributed by atoms with Gasteiger partial charge in [-0.25, -0.2) is 4.98 Å². The summed E-state index contributed by atoms with van der Waals surface area (Å²) in [4.78, 5) is 6.91. The van der Waals surface area contributed by atoms with E-state index in [2.05, 4.69) is 177 Å². The molecule has 60 heavy (non-hydrogen) atoms. The minimum atomic E-state index is -0.0267. The summed E-state index contributed by atoms with van der Waals surface area (Å²) in [6.07, 6.45) is 1.90. The van der Waals surface area contributed by atoms with Gasteiger partial charge in [-0.2, -0.15) is 6.07 Å². The monoisotopic (exact) mass is 959 g/mol. The zero-order chi connectivity index (χ0) is 40.3. The molecule has 3 aromatic heterocycles. The molecule has 0 aliphatic heterocycles. The first-order chi connectivity index (χ1) is 28.7. The summed E-state index contributed by atoms with van der Waals surface area (Å²) in [5.74, 6) is 2.02. The Labute approximate surface area is 365 Å². The van der Waals surface area contributed by atoms with Crippen molar-refractivity contribution in [3.8, 4) is 39.6 Å². The standard InChI is InChI=1S/C53H42N5O.Pt/c1-53(2,3)37-29-30-54-49(31-37)58-46-28-16-27-45-50(46)51-47(56(45)4)33-40(34-48(51)58)59-39-22-14-21-38(32-39)55-43-25-12-13-26-44(43)57(5)52-41(35-17-8-6-9-18-35)23-15-24-42(52)36-19-10-7-11-20-36;/h6-31,33,55H,5H2,1-4H3;/q-3;. The first-order valence-electron chi connectivity index (χ1n) is 19.9. The molecule has 0 aliphatic carbocycles. The summed E-state index contributed by atoms with van der Waals surface area (Å²) < 4.78 is 11.1. The molecule has 7 aromatic carbocycles. The van der Waals surface area contributed by atoms with Gasteiger partial charge >= 0.3 is 0 Å². The fourth-order valence-corrected chi connectivity index (χ4v) is 8.33. The third kappa shape index (κ3) is 6.81. The molecule has 3 heterocycles. The van der Waals surface area contributed by atoms with Gasteiger partial charge in [-0.15, -0.1) is 30.3 Å². The normalized spacial score (nSPS) is 11.6. The molecule has 0 radical (unpaired) electrons. The number of para-hydroxylation sites is 3. The van der Waals surface area contributed by atoms with Gasteiger partial charge in [0.15, 0.2) is 0 Å². The van der Waals surface area contributed by atoms with Crippen LogP contribution in [0.1, 0.15) is 26.3 Å². The molecule has 10 rings (SSSR count). The Morgan fingerprint density at radius 2 is 1.30 bits per heavy atom. The number of benzene rings is 7. The Hall–Kier alpha value is -6.62. The maximum Gasteiger partial charge on any atom is 0.135 e. The second kappa shape index (κ2) is 15.5. The van der Waals surface area contributed by atoms with E-state index < -0.39 is 0 Å². The molecule has 0 amide bonds. The van der Waals surface area contributed by atoms with E-state index in [0.717, 1.165) is 78.3 Å². The van der Waals surface area contributed by atoms with E-state index in [4.69, 9.17) is 9.72 Å². The minimum absolute atomic E-state index is 0. The van der Waals surface area contributed by atoms with Gasteiger partial charge in [0.1, 0.15) is 5.82 Å². The molecule has 0 bridgehead atoms. The molecule has 298 valence electrons. The van der Waals surface area contributed by atoms with Crippen molar-refractivity contribution in [1.29, 1.82) is 0 Å². The molecule has 6 nitrogen and oxygen atoms in total. The van der Waals surface area contributed by atoms with E-state index in [0.29, 0.717) is 11.5 Å². The maximum atomic E-state index is 6.65. The van der Waals surface area contributed by atoms with Crippen LogP contribution in [0, 0.1) is 19.2 Å². The van der Waals surface area contributed by atoms with Crippen LogP contribution in [0.2, 0.25) is 0 Å². The molecule has 7 heteroatoms. The number of ether oxygens (including phenoxy) is 1. The van der Waals surface area contributed by atoms with E-state index in [-0.39, 0.29) is 26.5 Å². The van der Waals surface area contributed by atoms with E-state index in [1.54, 1.807) is 0 Å². The molecular weight excluding hydrogens is 918 g/mol. The topological polar surface area (TPSA) is 47.2 Å². The third-order valence-electron chi connectivity index (χ3n) is 11.2. The van der Waals surface area contributed by atoms with Crippen LogP contribution in [0.5, 0.6) is 11.5 Å². The number of anilines is 4. The SMILES string of the molecule is [CH2-]N(c1ccccc1Nc1[c-]c(Oc2[c-]c3c4c5c(cccc5n3-c3cc(C(C)(C)C)ccn3)n(C)c4c2)ccc1)c1c(-c2ccccc2)cccc1-c1ccccc1.[Pt]. The molecule has 0 unspecified atom stereocenters. The van der Waals surface area contributed by atoms with Gasteiger partial charge in [0.25, 0.3) is 0 Å². The van der Waals surface area contributed by atoms with Gasteiger partial charge in [-0.05, 0) is 63.9 Å². The fourth-order valence-electron chi connectivity index (χ4n) is 8.33. The molecular formula is C53H42N5OPt-3. The van der Waals surface area contributed by atoms with E-state index in [1.165, 1.54) is 10.9 Å². The summed E-state index contributed by atoms with van der Waals surface area (Å²) in [5.41, 5.74) is 13.4. The molecule has 0 spiro atoms. The largest absolute Gasteiger partial charge is 0.509 e. The van der Waals surface area contributed by atoms with Crippen molar-refractivity contribution in [1.82, 2.24) is 14.1 Å². The minimum Gasteiger partial charge on any atom is -0.509 e. The zero-order valence-corrected chi connectivity index (χ0v) is 36.1. The third-order valence-corrected chi connectivity index (χ3v) is 11.2. The number of hydrogen-bond acceptors (Lipinski definition) is 4. The van der Waals surface area contributed by atoms with Crippen LogP contribution in [-0.2, 0) is 33.5 Å². The van der Waals surface area contributed by atoms with Crippen molar-refractivity contribution < 1.29 is 25.8 Å². The van der Waals surface area contributed by atoms with Crippen LogP contribution in [0.4, 0.5) is 22.7 Å². The van der Waals surface area contributed by atoms with Gasteiger partial charge in [0.2, 0.25) is 0 Å². The number of hydrogen-bond donors (Lipinski definition) is 1. The van der Waals surface area contributed by atoms with E-state index >= 15 is 0 Å². The second-order valence-corrected chi connectivity index (χ2v) is 16.0. The number of nitrogens with one attached hydrogen (secondary N) is 1. The van der Waals surface area contributed by atoms with Crippen molar-refractivity contribution in [2.45, 2.75) is 26.2 Å². The molecule has 0 atom stereocenters. The first kappa shape index (κ1) is 38.9. The Balaban J connectivity index is 0.00000462. The molecule has 0 fully saturated rings. The Bertz CT molecular complexity index is 3070. The smallest absolute Gasteiger partial charge is 0.135 e. The molecule has 10 aromatic rings. The average Bonchev–Trinajstić information content (AvgIpc) is 3.75. The van der Waals surface area contributed by atoms with Gasteiger partial charge in [0.05, 0.1) is 5.69 Å². The van der Waals surface area contributed by atoms with Crippen molar-refractivity contribution in [2.24, 2.45) is 7.05 Å². The van der Waals surface area contributed by atoms with Crippen LogP contribution >= 0.6 is 0 Å². The number of rotatable bonds is 9. The summed E-state index contributed by atoms with van der Waals surface area (Å²) in [6, 6.07) is 61.5. The Morgan fingerprint density at radius 1 is 0.650 bits per heavy atom. The summed E-state index contributed by atoms with van der Waals surface area (Å²) >= 11 is 0. The van der Waals surface area contributed by atoms with Crippen LogP contribution in [-0.4, -0.2) is 14.1 Å². The van der Waals surface area contributed by atoms with Crippen molar-refractivity contribution in [2.75, 3.05) is 10.2 Å². The molecule has 1 N–H and O–H groups in total. The Morgan fingerprint density at radius 3 is 2.02 bits per heavy atom. The number of aromatic nitrogens is 3. The summed E-state index contributed by atoms with van der Waals surface area (Å²) in [6.45, 7) is 6.68. The van der Waals surface area contributed by atoms with Crippen LogP contribution in [0.3, 0.4) is 0 Å². The maximum absolute atomic E-state index is 6.65. The van der Waals surface area contributed by atoms with Gasteiger partial charge < -0.3 is 24.1 Å². The van der Waals surface area contributed by atoms with Crippen molar-refractivity contribution in [3.05, 3.63) is 189 Å². The van der Waals surface area contributed by atoms with Crippen LogP contribution in [0.15, 0.2) is 164 Å². The van der Waals surface area contributed by atoms with Gasteiger partial charge in [-0.3, -0.25) is 7.05 Å². The Kier molecular flexibility index (Phi) is 10.1. The van der Waals surface area contributed by atoms with Gasteiger partial charge in [-0.1, -0.05) is 140 Å². The fraction of sp³-hybridized carbons (Fsp3) is 0.0943. The van der Waals surface area contributed by atoms with Gasteiger partial charge in [0, 0.05) is 79.3 Å². The van der Waals surface area contributed by atoms with E-state index in [9.17, 15) is 0 Å².